The Morgan fingerprint density at radius 1 is 1.21 bits per heavy atom. The summed E-state index contributed by atoms with van der Waals surface area (Å²) in [5, 5.41) is 9.64. The third-order valence-electron chi connectivity index (χ3n) is 2.49. The van der Waals surface area contributed by atoms with Crippen molar-refractivity contribution >= 4 is 10.0 Å². The van der Waals surface area contributed by atoms with Crippen molar-refractivity contribution in [3.63, 3.8) is 0 Å². The maximum atomic E-state index is 11.1. The number of aliphatic hydroxyl groups is 1. The second kappa shape index (κ2) is 6.37. The van der Waals surface area contributed by atoms with Gasteiger partial charge >= 0.3 is 0 Å². The van der Waals surface area contributed by atoms with Crippen LogP contribution < -0.4 is 4.72 Å². The minimum Gasteiger partial charge on any atom is -0.391 e. The Balaban J connectivity index is 4.01. The molecule has 0 radical (unpaired) electrons. The molecule has 14 heavy (non-hydrogen) atoms. The summed E-state index contributed by atoms with van der Waals surface area (Å²) in [6.07, 6.45) is 1.16. The van der Waals surface area contributed by atoms with E-state index in [4.69, 9.17) is 0 Å². The van der Waals surface area contributed by atoms with Gasteiger partial charge in [-0.15, -0.1) is 0 Å². The standard InChI is InChI=1S/C9H21NO3S/c1-4-8(5-2)9(11)7-10-14(12,13)6-3/h8-11H,4-7H2,1-3H3. The first-order valence-electron chi connectivity index (χ1n) is 5.12. The van der Waals surface area contributed by atoms with Crippen molar-refractivity contribution in [2.24, 2.45) is 5.92 Å². The van der Waals surface area contributed by atoms with Gasteiger partial charge in [0, 0.05) is 6.54 Å². The number of rotatable bonds is 7. The van der Waals surface area contributed by atoms with E-state index in [1.807, 2.05) is 13.8 Å². The zero-order chi connectivity index (χ0) is 11.2. The zero-order valence-electron chi connectivity index (χ0n) is 9.16. The molecule has 0 bridgehead atoms. The molecule has 1 atom stereocenters. The van der Waals surface area contributed by atoms with Gasteiger partial charge < -0.3 is 5.11 Å². The van der Waals surface area contributed by atoms with E-state index in [0.717, 1.165) is 12.8 Å². The number of hydrogen-bond acceptors (Lipinski definition) is 3. The van der Waals surface area contributed by atoms with Crippen LogP contribution in [0.4, 0.5) is 0 Å². The first kappa shape index (κ1) is 13.9. The van der Waals surface area contributed by atoms with E-state index in [2.05, 4.69) is 4.72 Å². The highest BCUT2D eigenvalue weighted by Gasteiger charge is 2.17. The number of hydrogen-bond donors (Lipinski definition) is 2. The van der Waals surface area contributed by atoms with Gasteiger partial charge in [-0.2, -0.15) is 0 Å². The largest absolute Gasteiger partial charge is 0.391 e. The molecule has 0 aromatic carbocycles. The van der Waals surface area contributed by atoms with Crippen molar-refractivity contribution in [3.05, 3.63) is 0 Å². The molecular weight excluding hydrogens is 202 g/mol. The molecule has 0 spiro atoms. The smallest absolute Gasteiger partial charge is 0.211 e. The Labute approximate surface area is 86.8 Å². The Morgan fingerprint density at radius 3 is 2.07 bits per heavy atom. The molecule has 0 amide bonds. The van der Waals surface area contributed by atoms with Gasteiger partial charge in [0.2, 0.25) is 10.0 Å². The highest BCUT2D eigenvalue weighted by molar-refractivity contribution is 7.89. The van der Waals surface area contributed by atoms with Crippen molar-refractivity contribution in [2.45, 2.75) is 39.7 Å². The van der Waals surface area contributed by atoms with Gasteiger partial charge in [0.1, 0.15) is 0 Å². The van der Waals surface area contributed by atoms with Gasteiger partial charge in [-0.25, -0.2) is 13.1 Å². The second-order valence-corrected chi connectivity index (χ2v) is 5.49. The topological polar surface area (TPSA) is 66.4 Å². The van der Waals surface area contributed by atoms with Crippen LogP contribution in [0.3, 0.4) is 0 Å². The summed E-state index contributed by atoms with van der Waals surface area (Å²) in [7, 11) is -3.17. The third kappa shape index (κ3) is 4.93. The maximum absolute atomic E-state index is 11.1. The van der Waals surface area contributed by atoms with Crippen molar-refractivity contribution in [2.75, 3.05) is 12.3 Å². The monoisotopic (exact) mass is 223 g/mol. The molecule has 0 aliphatic heterocycles. The summed E-state index contributed by atoms with van der Waals surface area (Å²) in [4.78, 5) is 0. The molecular formula is C9H21NO3S. The molecule has 0 aliphatic carbocycles. The lowest BCUT2D eigenvalue weighted by Gasteiger charge is -2.20. The van der Waals surface area contributed by atoms with E-state index < -0.39 is 16.1 Å². The van der Waals surface area contributed by atoms with E-state index in [1.165, 1.54) is 0 Å². The van der Waals surface area contributed by atoms with E-state index in [9.17, 15) is 13.5 Å². The molecule has 0 aromatic heterocycles. The van der Waals surface area contributed by atoms with Crippen molar-refractivity contribution in [3.8, 4) is 0 Å². The predicted molar refractivity (Wildman–Crippen MR) is 57.5 cm³/mol. The van der Waals surface area contributed by atoms with Gasteiger partial charge in [0.25, 0.3) is 0 Å². The van der Waals surface area contributed by atoms with Gasteiger partial charge in [0.05, 0.1) is 11.9 Å². The molecule has 0 aliphatic rings. The average Bonchev–Trinajstić information content (AvgIpc) is 2.17. The van der Waals surface area contributed by atoms with Gasteiger partial charge in [-0.3, -0.25) is 0 Å². The van der Waals surface area contributed by atoms with E-state index in [-0.39, 0.29) is 18.2 Å². The minimum absolute atomic E-state index is 0.0582. The lowest BCUT2D eigenvalue weighted by Crippen LogP contribution is -2.36. The molecule has 2 N–H and O–H groups in total. The van der Waals surface area contributed by atoms with Crippen molar-refractivity contribution in [1.29, 1.82) is 0 Å². The molecule has 0 rings (SSSR count). The fraction of sp³-hybridized carbons (Fsp3) is 1.00. The van der Waals surface area contributed by atoms with Crippen LogP contribution in [0.5, 0.6) is 0 Å². The summed E-state index contributed by atoms with van der Waals surface area (Å²) in [5.74, 6) is 0.234. The van der Waals surface area contributed by atoms with E-state index in [0.29, 0.717) is 0 Å². The molecule has 0 aromatic rings. The van der Waals surface area contributed by atoms with E-state index in [1.54, 1.807) is 6.92 Å². The summed E-state index contributed by atoms with van der Waals surface area (Å²) in [6.45, 7) is 5.69. The molecule has 0 fully saturated rings. The normalized spacial score (nSPS) is 14.6. The first-order chi connectivity index (χ1) is 6.46. The molecule has 0 saturated heterocycles. The summed E-state index contributed by atoms with van der Waals surface area (Å²) < 4.78 is 24.5. The van der Waals surface area contributed by atoms with Crippen LogP contribution in [0.15, 0.2) is 0 Å². The summed E-state index contributed by atoms with van der Waals surface area (Å²) in [5.41, 5.74) is 0. The summed E-state index contributed by atoms with van der Waals surface area (Å²) in [6, 6.07) is 0. The lowest BCUT2D eigenvalue weighted by molar-refractivity contribution is 0.107. The van der Waals surface area contributed by atoms with Crippen molar-refractivity contribution in [1.82, 2.24) is 4.72 Å². The lowest BCUT2D eigenvalue weighted by atomic mass is 9.97. The Bertz CT molecular complexity index is 234. The Morgan fingerprint density at radius 2 is 1.71 bits per heavy atom. The SMILES string of the molecule is CCC(CC)C(O)CNS(=O)(=O)CC. The molecule has 0 saturated carbocycles. The maximum Gasteiger partial charge on any atom is 0.211 e. The van der Waals surface area contributed by atoms with Gasteiger partial charge in [0.15, 0.2) is 0 Å². The summed E-state index contributed by atoms with van der Waals surface area (Å²) >= 11 is 0. The zero-order valence-corrected chi connectivity index (χ0v) is 9.97. The second-order valence-electron chi connectivity index (χ2n) is 3.40. The quantitative estimate of drug-likeness (QED) is 0.668. The van der Waals surface area contributed by atoms with Crippen LogP contribution in [0.2, 0.25) is 0 Å². The first-order valence-corrected chi connectivity index (χ1v) is 6.77. The fourth-order valence-corrected chi connectivity index (χ4v) is 1.94. The fourth-order valence-electron chi connectivity index (χ4n) is 1.31. The number of aliphatic hydroxyl groups excluding tert-OH is 1. The average molecular weight is 223 g/mol. The van der Waals surface area contributed by atoms with Crippen LogP contribution >= 0.6 is 0 Å². The Hall–Kier alpha value is -0.130. The number of sulfonamides is 1. The van der Waals surface area contributed by atoms with Crippen LogP contribution in [-0.4, -0.2) is 31.9 Å². The van der Waals surface area contributed by atoms with Crippen LogP contribution in [0.25, 0.3) is 0 Å². The van der Waals surface area contributed by atoms with Gasteiger partial charge in [-0.05, 0) is 12.8 Å². The van der Waals surface area contributed by atoms with E-state index >= 15 is 0 Å². The highest BCUT2D eigenvalue weighted by atomic mass is 32.2. The predicted octanol–water partition coefficient (Wildman–Crippen LogP) is 0.723. The van der Waals surface area contributed by atoms with Crippen LogP contribution in [0.1, 0.15) is 33.6 Å². The molecule has 0 heterocycles. The molecule has 5 heteroatoms. The van der Waals surface area contributed by atoms with Crippen molar-refractivity contribution < 1.29 is 13.5 Å². The minimum atomic E-state index is -3.17. The molecule has 4 nitrogen and oxygen atoms in total. The van der Waals surface area contributed by atoms with Crippen LogP contribution in [-0.2, 0) is 10.0 Å². The molecule has 86 valence electrons. The Kier molecular flexibility index (Phi) is 6.31. The van der Waals surface area contributed by atoms with Crippen LogP contribution in [0, 0.1) is 5.92 Å². The third-order valence-corrected chi connectivity index (χ3v) is 3.85. The highest BCUT2D eigenvalue weighted by Crippen LogP contribution is 2.12. The van der Waals surface area contributed by atoms with Gasteiger partial charge in [-0.1, -0.05) is 26.7 Å². The number of nitrogens with one attached hydrogen (secondary N) is 1. The molecule has 1 unspecified atom stereocenters.